The minimum Gasteiger partial charge on any atom is -0.310 e. The first-order valence-corrected chi connectivity index (χ1v) is 22.9. The molecule has 0 heterocycles. The molecule has 0 N–H and O–H groups in total. The van der Waals surface area contributed by atoms with Crippen molar-refractivity contribution in [3.8, 4) is 33.4 Å². The lowest BCUT2D eigenvalue weighted by Gasteiger charge is -2.37. The highest BCUT2D eigenvalue weighted by Gasteiger charge is 2.44. The largest absolute Gasteiger partial charge is 0.310 e. The highest BCUT2D eigenvalue weighted by molar-refractivity contribution is 6.01. The van der Waals surface area contributed by atoms with Gasteiger partial charge in [-0.3, -0.25) is 0 Å². The van der Waals surface area contributed by atoms with Crippen LogP contribution in [0.4, 0.5) is 34.1 Å². The molecule has 0 radical (unpaired) electrons. The maximum Gasteiger partial charge on any atom is 0.0540 e. The van der Waals surface area contributed by atoms with Gasteiger partial charge in [-0.2, -0.15) is 0 Å². The minimum absolute atomic E-state index is 0.0852. The topological polar surface area (TPSA) is 6.48 Å². The Labute approximate surface area is 376 Å². The van der Waals surface area contributed by atoms with Gasteiger partial charge in [-0.1, -0.05) is 189 Å². The first-order valence-electron chi connectivity index (χ1n) is 22.9. The van der Waals surface area contributed by atoms with Gasteiger partial charge in [0.2, 0.25) is 0 Å². The van der Waals surface area contributed by atoms with Crippen molar-refractivity contribution in [3.05, 3.63) is 242 Å². The number of benzene rings is 10. The molecule has 2 aliphatic rings. The zero-order chi connectivity index (χ0) is 42.5. The molecule has 0 bridgehead atoms. The fourth-order valence-electron chi connectivity index (χ4n) is 11.0. The van der Waals surface area contributed by atoms with Crippen LogP contribution < -0.4 is 9.80 Å². The second kappa shape index (κ2) is 15.9. The van der Waals surface area contributed by atoms with Gasteiger partial charge in [-0.25, -0.2) is 0 Å². The molecule has 1 fully saturated rings. The first kappa shape index (κ1) is 38.0. The van der Waals surface area contributed by atoms with Crippen LogP contribution in [-0.2, 0) is 5.41 Å². The van der Waals surface area contributed by atoms with Gasteiger partial charge in [-0.15, -0.1) is 0 Å². The normalized spacial score (nSPS) is 13.8. The van der Waals surface area contributed by atoms with Crippen LogP contribution in [0.1, 0.15) is 43.2 Å². The monoisotopic (exact) mass is 820 g/mol. The molecule has 10 aromatic rings. The van der Waals surface area contributed by atoms with E-state index >= 15 is 0 Å². The molecule has 10 aromatic carbocycles. The Morgan fingerprint density at radius 3 is 1.12 bits per heavy atom. The molecule has 2 aliphatic carbocycles. The molecule has 0 saturated heterocycles. The Hall–Kier alpha value is -7.68. The minimum atomic E-state index is -0.0852. The molecular weight excluding hydrogens is 773 g/mol. The maximum absolute atomic E-state index is 2.55. The number of fused-ring (bicyclic) bond motifs is 7. The Balaban J connectivity index is 1.01. The van der Waals surface area contributed by atoms with Crippen molar-refractivity contribution in [3.63, 3.8) is 0 Å². The van der Waals surface area contributed by atoms with Crippen LogP contribution in [0.15, 0.2) is 231 Å². The Bertz CT molecular complexity index is 3060. The number of anilines is 6. The molecule has 12 rings (SSSR count). The van der Waals surface area contributed by atoms with E-state index in [2.05, 4.69) is 240 Å². The molecule has 1 spiro atoms. The third-order valence-corrected chi connectivity index (χ3v) is 14.0. The van der Waals surface area contributed by atoms with Crippen molar-refractivity contribution < 1.29 is 0 Å². The van der Waals surface area contributed by atoms with E-state index < -0.39 is 0 Å². The van der Waals surface area contributed by atoms with E-state index in [0.29, 0.717) is 0 Å². The summed E-state index contributed by atoms with van der Waals surface area (Å²) in [6.07, 6.45) is 5.99. The molecule has 0 unspecified atom stereocenters. The standard InChI is InChI=1S/C62H48N2/c1-4-16-44(17-5-1)46-28-32-50(33-29-46)63(60-26-14-22-48-20-8-10-24-54(48)60)52-36-38-56-57-39-37-53(43-59(57)62(58(56)42-52)40-12-3-13-41-62)64(61-27-15-23-49-21-9-11-25-55(49)61)51-34-30-47(31-35-51)45-18-6-2-7-19-45/h1-2,4-11,14-39,42-43H,3,12-13,40-41H2. The van der Waals surface area contributed by atoms with Crippen molar-refractivity contribution in [2.45, 2.75) is 37.5 Å². The lowest BCUT2D eigenvalue weighted by molar-refractivity contribution is 0.353. The van der Waals surface area contributed by atoms with E-state index in [1.807, 2.05) is 0 Å². The van der Waals surface area contributed by atoms with Gasteiger partial charge in [0, 0.05) is 38.9 Å². The Morgan fingerprint density at radius 2 is 0.672 bits per heavy atom. The lowest BCUT2D eigenvalue weighted by atomic mass is 9.67. The van der Waals surface area contributed by atoms with E-state index in [1.165, 1.54) is 108 Å². The molecule has 64 heavy (non-hydrogen) atoms. The number of hydrogen-bond acceptors (Lipinski definition) is 2. The molecule has 0 aliphatic heterocycles. The highest BCUT2D eigenvalue weighted by atomic mass is 15.1. The average Bonchev–Trinajstić information content (AvgIpc) is 3.62. The van der Waals surface area contributed by atoms with Crippen LogP contribution in [0, 0.1) is 0 Å². The van der Waals surface area contributed by atoms with Crippen LogP contribution >= 0.6 is 0 Å². The molecule has 2 heteroatoms. The second-order valence-corrected chi connectivity index (χ2v) is 17.6. The van der Waals surface area contributed by atoms with Crippen LogP contribution in [-0.4, -0.2) is 0 Å². The van der Waals surface area contributed by atoms with Crippen molar-refractivity contribution in [1.29, 1.82) is 0 Å². The SMILES string of the molecule is c1ccc(-c2ccc(N(c3ccc4c(c3)C3(CCCCC3)c3cc(N(c5ccc(-c6ccccc6)cc5)c5cccc6ccccc56)ccc3-4)c3cccc4ccccc34)cc2)cc1. The quantitative estimate of drug-likeness (QED) is 0.151. The predicted octanol–water partition coefficient (Wildman–Crippen LogP) is 17.5. The second-order valence-electron chi connectivity index (χ2n) is 17.6. The van der Waals surface area contributed by atoms with Crippen molar-refractivity contribution in [1.82, 2.24) is 0 Å². The van der Waals surface area contributed by atoms with Crippen LogP contribution in [0.25, 0.3) is 54.9 Å². The zero-order valence-electron chi connectivity index (χ0n) is 35.9. The van der Waals surface area contributed by atoms with Crippen molar-refractivity contribution >= 4 is 55.7 Å². The van der Waals surface area contributed by atoms with Gasteiger partial charge in [0.15, 0.2) is 0 Å². The summed E-state index contributed by atoms with van der Waals surface area (Å²) in [5.41, 5.74) is 17.5. The average molecular weight is 821 g/mol. The smallest absolute Gasteiger partial charge is 0.0540 e. The van der Waals surface area contributed by atoms with Crippen molar-refractivity contribution in [2.24, 2.45) is 0 Å². The van der Waals surface area contributed by atoms with Gasteiger partial charge >= 0.3 is 0 Å². The highest BCUT2D eigenvalue weighted by Crippen LogP contribution is 2.58. The number of hydrogen-bond donors (Lipinski definition) is 0. The molecular formula is C62H48N2. The molecule has 0 aromatic heterocycles. The molecule has 0 amide bonds. The van der Waals surface area contributed by atoms with E-state index in [-0.39, 0.29) is 5.41 Å². The molecule has 1 saturated carbocycles. The summed E-state index contributed by atoms with van der Waals surface area (Å²) in [5, 5.41) is 4.95. The Morgan fingerprint density at radius 1 is 0.297 bits per heavy atom. The third kappa shape index (κ3) is 6.48. The third-order valence-electron chi connectivity index (χ3n) is 14.0. The van der Waals surface area contributed by atoms with Crippen molar-refractivity contribution in [2.75, 3.05) is 9.80 Å². The maximum atomic E-state index is 2.55. The van der Waals surface area contributed by atoms with Crippen LogP contribution in [0.3, 0.4) is 0 Å². The van der Waals surface area contributed by atoms with Gasteiger partial charge in [0.25, 0.3) is 0 Å². The molecule has 0 atom stereocenters. The van der Waals surface area contributed by atoms with Gasteiger partial charge in [0.1, 0.15) is 0 Å². The number of rotatable bonds is 8. The summed E-state index contributed by atoms with van der Waals surface area (Å²) in [5.74, 6) is 0. The molecule has 2 nitrogen and oxygen atoms in total. The van der Waals surface area contributed by atoms with Gasteiger partial charge in [-0.05, 0) is 129 Å². The fraction of sp³-hybridized carbons (Fsp3) is 0.0968. The lowest BCUT2D eigenvalue weighted by Crippen LogP contribution is -2.28. The summed E-state index contributed by atoms with van der Waals surface area (Å²) >= 11 is 0. The zero-order valence-corrected chi connectivity index (χ0v) is 35.9. The Kier molecular flexibility index (Phi) is 9.45. The first-order chi connectivity index (χ1) is 31.7. The predicted molar refractivity (Wildman–Crippen MR) is 271 cm³/mol. The molecule has 306 valence electrons. The number of nitrogens with zero attached hydrogens (tertiary/aromatic N) is 2. The van der Waals surface area contributed by atoms with E-state index in [1.54, 1.807) is 0 Å². The van der Waals surface area contributed by atoms with E-state index in [4.69, 9.17) is 0 Å². The van der Waals surface area contributed by atoms with Crippen LogP contribution in [0.2, 0.25) is 0 Å². The fourth-order valence-corrected chi connectivity index (χ4v) is 11.0. The van der Waals surface area contributed by atoms with Gasteiger partial charge < -0.3 is 9.80 Å². The summed E-state index contributed by atoms with van der Waals surface area (Å²) in [4.78, 5) is 4.98. The summed E-state index contributed by atoms with van der Waals surface area (Å²) < 4.78 is 0. The van der Waals surface area contributed by atoms with E-state index in [9.17, 15) is 0 Å². The van der Waals surface area contributed by atoms with Crippen LogP contribution in [0.5, 0.6) is 0 Å². The summed E-state index contributed by atoms with van der Waals surface area (Å²) in [6, 6.07) is 85.3. The van der Waals surface area contributed by atoms with Gasteiger partial charge in [0.05, 0.1) is 11.4 Å². The van der Waals surface area contributed by atoms with E-state index in [0.717, 1.165) is 24.2 Å². The summed E-state index contributed by atoms with van der Waals surface area (Å²) in [7, 11) is 0. The summed E-state index contributed by atoms with van der Waals surface area (Å²) in [6.45, 7) is 0.